The standard InChI is InChI=1S/C44H32N2.C43H31N.C32H21N3O.CI2O11.BHNP/c1-3-17-37(18-4-1)45(43-23-11-15-35-13-7-9-21-41(35)43)39-29-25-33(26-30-39)34-27-31-40(32-28-34)46(38-19-5-2-6-20-38)44-24-12-16-36-14-8-10-22-42(36)44;1-4-14-32(15-5-1)33-24-28-37(29-25-33)44(36-18-8-3-9-19-36)38-30-26-35(27-31-38)43(34-16-6-2-7-17-34)41-22-12-10-20-39(41)40-21-11-13-23-42(40)43;1-3-9-22(10-4-1)25-17-20-30-28(21-25)27-13-7-8-14-29(27)35(30)26-18-15-24(16-19-26)32-34-33-31(36-32)23-11-5-2-6-12-23;2-1(4)5-7-9-11-13-14-12-10-8-6-3;1-2-3/h1-32H;1-31H;1-21H;;3H. The lowest BCUT2D eigenvalue weighted by Crippen LogP contribution is -2.28. The van der Waals surface area contributed by atoms with Gasteiger partial charge in [-0.2, -0.15) is 0 Å². The van der Waals surface area contributed by atoms with E-state index in [2.05, 4.69) is 561 Å². The van der Waals surface area contributed by atoms with Crippen LogP contribution < -0.4 is 14.7 Å². The van der Waals surface area contributed by atoms with Crippen LogP contribution in [-0.2, 0) is 53.8 Å². The molecule has 0 unspecified atom stereocenters. The van der Waals surface area contributed by atoms with E-state index in [9.17, 15) is 4.79 Å². The molecule has 2 aromatic heterocycles. The number of carbonyl (C=O) groups is 1. The number of fused-ring (bicyclic) bond motifs is 8. The number of hydrogen-bond donors (Lipinski definition) is 0. The molecule has 694 valence electrons. The molecule has 1 aliphatic carbocycles. The van der Waals surface area contributed by atoms with Crippen LogP contribution in [0.3, 0.4) is 0 Å². The highest BCUT2D eigenvalue weighted by Gasteiger charge is 2.46. The summed E-state index contributed by atoms with van der Waals surface area (Å²) in [5.41, 5.74) is 30.1. The van der Waals surface area contributed by atoms with E-state index in [4.69, 9.17) is 4.42 Å². The normalized spacial score (nSPS) is 11.4. The van der Waals surface area contributed by atoms with Crippen molar-refractivity contribution in [2.75, 3.05) is 14.7 Å². The molecular weight excluding hydrogens is 2030 g/mol. The molecule has 0 bridgehead atoms. The molecule has 143 heavy (non-hydrogen) atoms. The predicted octanol–water partition coefficient (Wildman–Crippen LogP) is 33.6. The molecule has 22 aromatic rings. The van der Waals surface area contributed by atoms with Gasteiger partial charge in [-0.3, -0.25) is 4.89 Å². The van der Waals surface area contributed by atoms with E-state index in [-0.39, 0.29) is 0 Å². The van der Waals surface area contributed by atoms with Gasteiger partial charge in [-0.15, -0.1) is 13.4 Å². The summed E-state index contributed by atoms with van der Waals surface area (Å²) in [5.74, 6) is 1.03. The summed E-state index contributed by atoms with van der Waals surface area (Å²) in [4.78, 5) is 20.8. The zero-order valence-corrected chi connectivity index (χ0v) is 81.7. The van der Waals surface area contributed by atoms with Gasteiger partial charge >= 0.3 is 3.98 Å². The topological polar surface area (TPSA) is 175 Å². The van der Waals surface area contributed by atoms with Gasteiger partial charge < -0.3 is 28.3 Å². The van der Waals surface area contributed by atoms with Crippen molar-refractivity contribution in [2.45, 2.75) is 5.41 Å². The van der Waals surface area contributed by atoms with Crippen LogP contribution in [0.25, 0.3) is 116 Å². The van der Waals surface area contributed by atoms with Gasteiger partial charge in [0.05, 0.1) is 50.4 Å². The Morgan fingerprint density at radius 2 is 0.615 bits per heavy atom. The zero-order valence-electron chi connectivity index (χ0n) is 76.4. The quantitative estimate of drug-likeness (QED) is 0.00951. The highest BCUT2D eigenvalue weighted by Crippen LogP contribution is 2.57. The average Bonchev–Trinajstić information content (AvgIpc) is 1.54. The predicted molar refractivity (Wildman–Crippen MR) is 586 cm³/mol. The van der Waals surface area contributed by atoms with Crippen molar-refractivity contribution >= 4 is 161 Å². The molecule has 0 atom stereocenters. The summed E-state index contributed by atoms with van der Waals surface area (Å²) in [6.07, 6.45) is 0. The van der Waals surface area contributed by atoms with Gasteiger partial charge in [0.15, 0.2) is 23.0 Å². The molecule has 1 aliphatic rings. The SMILES string of the molecule is O=C(I)OOOOOOOOOOI.[B]N=P.c1ccc(-c2ccc(N(c3ccccc3)c3ccc(C4(c5ccccc5)c5ccccc5-c5ccccc54)cc3)cc2)cc1.c1ccc(-c2ccc3c(c2)c2ccccc2n3-c2ccc(-c3nnc(-c4ccccc4)o3)cc2)cc1.c1ccc(N(c2ccc(-c3ccc(N(c4ccccc4)c4cccc5ccccc45)cc3)cc2)c2cccc3ccccc23)cc1. The first-order valence-corrected chi connectivity index (χ1v) is 48.0. The minimum Gasteiger partial charge on any atom is -0.416 e. The summed E-state index contributed by atoms with van der Waals surface area (Å²) in [7, 11) is 6.97. The fraction of sp³-hybridized carbons (Fsp3) is 0.00833. The van der Waals surface area contributed by atoms with Crippen LogP contribution in [0.1, 0.15) is 22.3 Å². The van der Waals surface area contributed by atoms with Crippen molar-refractivity contribution in [3.63, 3.8) is 0 Å². The number of hydrogen-bond acceptors (Lipinski definition) is 18. The van der Waals surface area contributed by atoms with E-state index in [1.165, 1.54) is 156 Å². The monoisotopic (exact) mass is 2110 g/mol. The number of anilines is 9. The van der Waals surface area contributed by atoms with Crippen molar-refractivity contribution in [3.05, 3.63) is 532 Å². The van der Waals surface area contributed by atoms with Crippen LogP contribution in [0.15, 0.2) is 519 Å². The molecule has 23 rings (SSSR count). The molecular formula is C120H85BI2N7O12P. The lowest BCUT2D eigenvalue weighted by Gasteiger charge is -2.34. The third-order valence-electron chi connectivity index (χ3n) is 24.5. The molecule has 19 nitrogen and oxygen atoms in total. The maximum atomic E-state index is 10.0. The van der Waals surface area contributed by atoms with Crippen molar-refractivity contribution in [1.82, 2.24) is 14.8 Å². The van der Waals surface area contributed by atoms with Gasteiger partial charge in [0, 0.05) is 98.3 Å². The maximum absolute atomic E-state index is 10.0. The lowest BCUT2D eigenvalue weighted by molar-refractivity contribution is -0.837. The Kier molecular flexibility index (Phi) is 31.4. The van der Waals surface area contributed by atoms with Crippen LogP contribution in [0.4, 0.5) is 56.0 Å². The minimum absolute atomic E-state index is 0.401. The fourth-order valence-electron chi connectivity index (χ4n) is 18.4. The summed E-state index contributed by atoms with van der Waals surface area (Å²) >= 11 is 2.58. The third kappa shape index (κ3) is 21.8. The second kappa shape index (κ2) is 46.8. The maximum Gasteiger partial charge on any atom is 0.403 e. The van der Waals surface area contributed by atoms with Crippen molar-refractivity contribution in [1.29, 1.82) is 0 Å². The Balaban J connectivity index is 0.000000126. The molecule has 0 amide bonds. The van der Waals surface area contributed by atoms with Gasteiger partial charge in [0.2, 0.25) is 11.8 Å². The highest BCUT2D eigenvalue weighted by molar-refractivity contribution is 14.1. The summed E-state index contributed by atoms with van der Waals surface area (Å²) in [5, 5.41) is 44.4. The smallest absolute Gasteiger partial charge is 0.403 e. The Labute approximate surface area is 856 Å². The second-order valence-electron chi connectivity index (χ2n) is 32.6. The molecule has 2 heterocycles. The molecule has 0 saturated carbocycles. The summed E-state index contributed by atoms with van der Waals surface area (Å²) in [6.45, 7) is 0. The van der Waals surface area contributed by atoms with Crippen molar-refractivity contribution < 1.29 is 57.6 Å². The Morgan fingerprint density at radius 3 is 1.08 bits per heavy atom. The van der Waals surface area contributed by atoms with Crippen LogP contribution in [0.2, 0.25) is 0 Å². The van der Waals surface area contributed by atoms with E-state index >= 15 is 0 Å². The van der Waals surface area contributed by atoms with Crippen molar-refractivity contribution in [3.8, 4) is 73.1 Å². The number of para-hydroxylation sites is 4. The molecule has 2 radical (unpaired) electrons. The Hall–Kier alpha value is -16.0. The second-order valence-corrected chi connectivity index (χ2v) is 34.1. The first-order chi connectivity index (χ1) is 70.7. The Morgan fingerprint density at radius 1 is 0.301 bits per heavy atom. The van der Waals surface area contributed by atoms with Gasteiger partial charge in [0.25, 0.3) is 7.98 Å². The fourth-order valence-corrected chi connectivity index (χ4v) is 18.6. The number of benzene rings is 20. The Bertz CT molecular complexity index is 7770. The lowest BCUT2D eigenvalue weighted by atomic mass is 9.68. The zero-order chi connectivity index (χ0) is 97.3. The average molecular weight is 2110 g/mol. The van der Waals surface area contributed by atoms with E-state index in [1.807, 2.05) is 48.5 Å². The number of rotatable bonds is 26. The molecule has 23 heteroatoms. The van der Waals surface area contributed by atoms with Crippen LogP contribution in [0.5, 0.6) is 0 Å². The van der Waals surface area contributed by atoms with E-state index in [0.717, 1.165) is 68.0 Å². The minimum atomic E-state index is -0.806. The molecule has 0 fully saturated rings. The molecule has 0 N–H and O–H groups in total. The van der Waals surface area contributed by atoms with Crippen LogP contribution in [0, 0.1) is 0 Å². The molecule has 20 aromatic carbocycles. The largest absolute Gasteiger partial charge is 0.416 e. The van der Waals surface area contributed by atoms with Crippen LogP contribution in [-0.4, -0.2) is 26.7 Å². The van der Waals surface area contributed by atoms with Gasteiger partial charge in [-0.05, 0) is 258 Å². The molecule has 0 aliphatic heterocycles. The number of halogens is 2. The molecule has 0 spiro atoms. The van der Waals surface area contributed by atoms with Crippen molar-refractivity contribution in [2.24, 2.45) is 4.66 Å². The number of nitrogens with zero attached hydrogens (tertiary/aromatic N) is 7. The van der Waals surface area contributed by atoms with E-state index in [0.29, 0.717) is 11.8 Å². The third-order valence-corrected chi connectivity index (χ3v) is 24.8. The van der Waals surface area contributed by atoms with Gasteiger partial charge in [-0.1, -0.05) is 358 Å². The molecule has 0 saturated heterocycles. The van der Waals surface area contributed by atoms with Gasteiger partial charge in [0.1, 0.15) is 0 Å². The first-order valence-electron chi connectivity index (χ1n) is 45.6. The summed E-state index contributed by atoms with van der Waals surface area (Å²) in [6, 6.07) is 181. The number of aromatic nitrogens is 3. The van der Waals surface area contributed by atoms with E-state index in [1.54, 1.807) is 0 Å². The first kappa shape index (κ1) is 95.9. The highest BCUT2D eigenvalue weighted by atomic mass is 127. The number of carbonyl (C=O) groups excluding carboxylic acids is 1. The summed E-state index contributed by atoms with van der Waals surface area (Å²) < 4.78 is 14.1. The van der Waals surface area contributed by atoms with Crippen LogP contribution >= 0.6 is 54.6 Å². The van der Waals surface area contributed by atoms with Gasteiger partial charge in [-0.25, -0.2) is 4.79 Å². The van der Waals surface area contributed by atoms with E-state index < -0.39 is 9.39 Å².